The second kappa shape index (κ2) is 10.1. The molecule has 0 atom stereocenters. The number of hydrogen-bond donors (Lipinski definition) is 2. The number of carbonyl (C=O) groups is 3. The summed E-state index contributed by atoms with van der Waals surface area (Å²) < 4.78 is 19.9. The zero-order valence-electron chi connectivity index (χ0n) is 14.1. The van der Waals surface area contributed by atoms with Crippen molar-refractivity contribution in [1.29, 1.82) is 0 Å². The molecule has 0 unspecified atom stereocenters. The lowest BCUT2D eigenvalue weighted by atomic mass is 10.1. The van der Waals surface area contributed by atoms with Gasteiger partial charge in [0.15, 0.2) is 30.5 Å². The minimum Gasteiger partial charge on any atom is -0.504 e. The van der Waals surface area contributed by atoms with E-state index in [0.29, 0.717) is 0 Å². The molecule has 1 rings (SSSR count). The Morgan fingerprint density at radius 1 is 1.00 bits per heavy atom. The third-order valence-electron chi connectivity index (χ3n) is 2.87. The van der Waals surface area contributed by atoms with Crippen LogP contribution in [0.1, 0.15) is 24.2 Å². The number of phenolic OH excluding ortho intramolecular Hbond substituents is 1. The van der Waals surface area contributed by atoms with Gasteiger partial charge in [0.2, 0.25) is 5.75 Å². The summed E-state index contributed by atoms with van der Waals surface area (Å²) in [6.07, 6.45) is 0. The van der Waals surface area contributed by atoms with E-state index >= 15 is 0 Å². The van der Waals surface area contributed by atoms with Crippen LogP contribution in [-0.2, 0) is 19.1 Å². The highest BCUT2D eigenvalue weighted by molar-refractivity contribution is 6.01. The maximum absolute atomic E-state index is 11.7. The van der Waals surface area contributed by atoms with E-state index in [1.54, 1.807) is 13.8 Å². The van der Waals surface area contributed by atoms with Crippen molar-refractivity contribution < 1.29 is 38.4 Å². The van der Waals surface area contributed by atoms with Gasteiger partial charge in [-0.05, 0) is 26.0 Å². The van der Waals surface area contributed by atoms with Crippen LogP contribution in [0.15, 0.2) is 12.1 Å². The van der Waals surface area contributed by atoms with Crippen molar-refractivity contribution in [3.63, 3.8) is 0 Å². The molecule has 3 N–H and O–H groups in total. The summed E-state index contributed by atoms with van der Waals surface area (Å²) in [5.74, 6) is -2.68. The number of aromatic hydroxyl groups is 1. The highest BCUT2D eigenvalue weighted by Crippen LogP contribution is 2.39. The summed E-state index contributed by atoms with van der Waals surface area (Å²) in [5.41, 5.74) is 5.19. The van der Waals surface area contributed by atoms with Crippen molar-refractivity contribution in [3.05, 3.63) is 17.7 Å². The van der Waals surface area contributed by atoms with Gasteiger partial charge in [0.1, 0.15) is 0 Å². The topological polar surface area (TPSA) is 134 Å². The quantitative estimate of drug-likeness (QED) is 0.452. The molecule has 0 saturated heterocycles. The molecule has 0 radical (unpaired) electrons. The largest absolute Gasteiger partial charge is 0.504 e. The molecule has 25 heavy (non-hydrogen) atoms. The van der Waals surface area contributed by atoms with Crippen LogP contribution in [0.25, 0.3) is 0 Å². The maximum atomic E-state index is 11.7. The van der Waals surface area contributed by atoms with Gasteiger partial charge in [-0.15, -0.1) is 0 Å². The Morgan fingerprint density at radius 2 is 1.56 bits per heavy atom. The van der Waals surface area contributed by atoms with Crippen LogP contribution in [0.3, 0.4) is 0 Å². The molecule has 0 heterocycles. The van der Waals surface area contributed by atoms with Crippen LogP contribution in [0.2, 0.25) is 0 Å². The second-order valence-corrected chi connectivity index (χ2v) is 4.60. The van der Waals surface area contributed by atoms with Crippen molar-refractivity contribution >= 4 is 17.7 Å². The van der Waals surface area contributed by atoms with E-state index in [2.05, 4.69) is 0 Å². The minimum atomic E-state index is -0.672. The minimum absolute atomic E-state index is 0.0385. The zero-order valence-corrected chi connectivity index (χ0v) is 14.1. The number of ketones is 1. The summed E-state index contributed by atoms with van der Waals surface area (Å²) in [5, 5.41) is 10.2. The third-order valence-corrected chi connectivity index (χ3v) is 2.87. The molecule has 1 aromatic carbocycles. The lowest BCUT2D eigenvalue weighted by Crippen LogP contribution is -2.18. The molecule has 1 aromatic rings. The molecule has 0 saturated carbocycles. The van der Waals surface area contributed by atoms with Crippen molar-refractivity contribution in [3.8, 4) is 17.2 Å². The lowest BCUT2D eigenvalue weighted by Gasteiger charge is -2.15. The molecule has 9 heteroatoms. The van der Waals surface area contributed by atoms with E-state index in [0.717, 1.165) is 0 Å². The van der Waals surface area contributed by atoms with Gasteiger partial charge in [-0.2, -0.15) is 0 Å². The van der Waals surface area contributed by atoms with Crippen LogP contribution in [0.5, 0.6) is 17.2 Å². The molecule has 0 aromatic heterocycles. The van der Waals surface area contributed by atoms with E-state index in [9.17, 15) is 19.5 Å². The molecule has 0 amide bonds. The SMILES string of the molecule is CCOC(=O)COc1ccc(C(=O)CN)c(O)c1OCC(=O)OCC. The number of ether oxygens (including phenoxy) is 4. The molecule has 0 aliphatic rings. The Hall–Kier alpha value is -2.81. The summed E-state index contributed by atoms with van der Waals surface area (Å²) in [6.45, 7) is 2.34. The monoisotopic (exact) mass is 355 g/mol. The number of esters is 2. The van der Waals surface area contributed by atoms with Gasteiger partial charge in [-0.1, -0.05) is 0 Å². The number of benzene rings is 1. The number of rotatable bonds is 10. The van der Waals surface area contributed by atoms with Gasteiger partial charge in [0, 0.05) is 0 Å². The summed E-state index contributed by atoms with van der Waals surface area (Å²) in [6, 6.07) is 2.60. The van der Waals surface area contributed by atoms with Crippen molar-refractivity contribution in [2.75, 3.05) is 33.0 Å². The fourth-order valence-corrected chi connectivity index (χ4v) is 1.81. The summed E-state index contributed by atoms with van der Waals surface area (Å²) in [7, 11) is 0. The van der Waals surface area contributed by atoms with Crippen molar-refractivity contribution in [1.82, 2.24) is 0 Å². The molecule has 0 aliphatic heterocycles. The normalized spacial score (nSPS) is 10.0. The Bertz CT molecular complexity index is 629. The van der Waals surface area contributed by atoms with E-state index < -0.39 is 36.7 Å². The predicted octanol–water partition coefficient (Wildman–Crippen LogP) is 0.417. The van der Waals surface area contributed by atoms with E-state index in [-0.39, 0.29) is 36.8 Å². The molecule has 138 valence electrons. The van der Waals surface area contributed by atoms with Crippen molar-refractivity contribution in [2.24, 2.45) is 5.73 Å². The van der Waals surface area contributed by atoms with Crippen LogP contribution in [0, 0.1) is 0 Å². The Morgan fingerprint density at radius 3 is 2.08 bits per heavy atom. The smallest absolute Gasteiger partial charge is 0.344 e. The summed E-state index contributed by atoms with van der Waals surface area (Å²) in [4.78, 5) is 34.6. The van der Waals surface area contributed by atoms with Gasteiger partial charge < -0.3 is 29.8 Å². The standard InChI is InChI=1S/C16H21NO8/c1-3-22-13(19)8-24-12-6-5-10(11(18)7-17)15(21)16(12)25-9-14(20)23-4-2/h5-6,21H,3-4,7-9,17H2,1-2H3. The molecule has 0 bridgehead atoms. The van der Waals surface area contributed by atoms with Crippen LogP contribution < -0.4 is 15.2 Å². The first kappa shape index (κ1) is 20.2. The highest BCUT2D eigenvalue weighted by Gasteiger charge is 2.21. The van der Waals surface area contributed by atoms with E-state index in [1.807, 2.05) is 0 Å². The first-order valence-corrected chi connectivity index (χ1v) is 7.60. The molecular weight excluding hydrogens is 334 g/mol. The average molecular weight is 355 g/mol. The molecular formula is C16H21NO8. The van der Waals surface area contributed by atoms with Gasteiger partial charge >= 0.3 is 11.9 Å². The fraction of sp³-hybridized carbons (Fsp3) is 0.438. The highest BCUT2D eigenvalue weighted by atomic mass is 16.6. The maximum Gasteiger partial charge on any atom is 0.344 e. The first-order valence-electron chi connectivity index (χ1n) is 7.60. The number of Topliss-reactive ketones (excluding diaryl/α,β-unsaturated/α-hetero) is 1. The van der Waals surface area contributed by atoms with Gasteiger partial charge in [-0.3, -0.25) is 4.79 Å². The Balaban J connectivity index is 3.04. The van der Waals surface area contributed by atoms with Crippen LogP contribution in [0.4, 0.5) is 0 Å². The number of phenols is 1. The third kappa shape index (κ3) is 5.96. The fourth-order valence-electron chi connectivity index (χ4n) is 1.81. The zero-order chi connectivity index (χ0) is 18.8. The molecule has 0 spiro atoms. The lowest BCUT2D eigenvalue weighted by molar-refractivity contribution is -0.146. The van der Waals surface area contributed by atoms with E-state index in [4.69, 9.17) is 24.7 Å². The predicted molar refractivity (Wildman–Crippen MR) is 85.7 cm³/mol. The van der Waals surface area contributed by atoms with Gasteiger partial charge in [0.25, 0.3) is 0 Å². The number of nitrogens with two attached hydrogens (primary N) is 1. The van der Waals surface area contributed by atoms with Crippen LogP contribution in [-0.4, -0.2) is 55.8 Å². The van der Waals surface area contributed by atoms with Gasteiger partial charge in [0.05, 0.1) is 25.3 Å². The van der Waals surface area contributed by atoms with Crippen molar-refractivity contribution in [2.45, 2.75) is 13.8 Å². The Labute approximate surface area is 144 Å². The average Bonchev–Trinajstić information content (AvgIpc) is 2.59. The Kier molecular flexibility index (Phi) is 8.21. The second-order valence-electron chi connectivity index (χ2n) is 4.60. The number of carbonyl (C=O) groups excluding carboxylic acids is 3. The van der Waals surface area contributed by atoms with E-state index in [1.165, 1.54) is 12.1 Å². The first-order chi connectivity index (χ1) is 11.9. The molecule has 0 fully saturated rings. The molecule has 0 aliphatic carbocycles. The van der Waals surface area contributed by atoms with Gasteiger partial charge in [-0.25, -0.2) is 9.59 Å². The van der Waals surface area contributed by atoms with Crippen LogP contribution >= 0.6 is 0 Å². The number of hydrogen-bond acceptors (Lipinski definition) is 9. The molecule has 9 nitrogen and oxygen atoms in total. The summed E-state index contributed by atoms with van der Waals surface area (Å²) >= 11 is 0.